The molecule has 0 aliphatic heterocycles. The summed E-state index contributed by atoms with van der Waals surface area (Å²) in [5.41, 5.74) is 1.13. The third-order valence-corrected chi connectivity index (χ3v) is 3.77. The van der Waals surface area contributed by atoms with E-state index in [1.807, 2.05) is 0 Å². The summed E-state index contributed by atoms with van der Waals surface area (Å²) in [4.78, 5) is 12.5. The largest absolute Gasteiger partial charge is 0.449 e. The number of carbonyl (C=O) groups is 1. The number of nitrogens with one attached hydrogen (secondary N) is 1. The highest BCUT2D eigenvalue weighted by Crippen LogP contribution is 2.32. The lowest BCUT2D eigenvalue weighted by atomic mass is 10.1. The van der Waals surface area contributed by atoms with Gasteiger partial charge < -0.3 is 14.5 Å². The number of furan rings is 1. The van der Waals surface area contributed by atoms with E-state index in [2.05, 4.69) is 10.1 Å². The quantitative estimate of drug-likeness (QED) is 0.698. The molecule has 0 radical (unpaired) electrons. The molecule has 0 spiro atoms. The topological polar surface area (TPSA) is 51.5 Å². The maximum absolute atomic E-state index is 12.5. The molecule has 0 saturated carbocycles. The summed E-state index contributed by atoms with van der Waals surface area (Å²) in [5.74, 6) is -0.650. The zero-order valence-corrected chi connectivity index (χ0v) is 13.2. The first-order valence-corrected chi connectivity index (χ1v) is 7.38. The lowest BCUT2D eigenvalue weighted by Crippen LogP contribution is -2.14. The van der Waals surface area contributed by atoms with E-state index < -0.39 is 12.5 Å². The first kappa shape index (κ1) is 16.3. The molecule has 0 bridgehead atoms. The monoisotopic (exact) mass is 351 g/mol. The molecule has 24 heavy (non-hydrogen) atoms. The van der Waals surface area contributed by atoms with Crippen LogP contribution in [-0.4, -0.2) is 12.5 Å². The van der Waals surface area contributed by atoms with Crippen LogP contribution in [0.2, 0.25) is 5.02 Å². The van der Waals surface area contributed by atoms with E-state index in [-0.39, 0.29) is 17.2 Å². The number of hydrogen-bond acceptors (Lipinski definition) is 3. The Morgan fingerprint density at radius 3 is 2.67 bits per heavy atom. The van der Waals surface area contributed by atoms with Gasteiger partial charge in [0.25, 0.3) is 5.91 Å². The van der Waals surface area contributed by atoms with Crippen LogP contribution in [0.25, 0.3) is 11.0 Å². The highest BCUT2D eigenvalue weighted by atomic mass is 35.5. The second kappa shape index (κ2) is 6.49. The molecule has 124 valence electrons. The fraction of sp³-hybridized carbons (Fsp3) is 0.118. The van der Waals surface area contributed by atoms with Crippen molar-refractivity contribution in [2.45, 2.75) is 13.5 Å². The van der Waals surface area contributed by atoms with Crippen molar-refractivity contribution in [1.82, 2.24) is 0 Å². The molecule has 0 fully saturated rings. The molecule has 7 heteroatoms. The molecule has 1 aromatic heterocycles. The summed E-state index contributed by atoms with van der Waals surface area (Å²) in [6, 6.07) is 11.1. The van der Waals surface area contributed by atoms with Crippen molar-refractivity contribution in [2.75, 3.05) is 5.32 Å². The standard InChI is InChI=1S/C17H12ClF2NO3/c1-9-10-5-4-6-11(18)15(10)24-14(9)16(22)21-12-7-2-3-8-13(12)23-17(19)20/h2-8,17H,1H3,(H,21,22). The van der Waals surface area contributed by atoms with Gasteiger partial charge in [-0.25, -0.2) is 0 Å². The molecule has 2 aromatic carbocycles. The Balaban J connectivity index is 1.94. The maximum Gasteiger partial charge on any atom is 0.387 e. The van der Waals surface area contributed by atoms with Crippen molar-refractivity contribution >= 4 is 34.2 Å². The average molecular weight is 352 g/mol. The van der Waals surface area contributed by atoms with Crippen molar-refractivity contribution in [3.8, 4) is 5.75 Å². The molecule has 0 aliphatic carbocycles. The number of carbonyl (C=O) groups excluding carboxylic acids is 1. The number of hydrogen-bond donors (Lipinski definition) is 1. The van der Waals surface area contributed by atoms with Crippen molar-refractivity contribution < 1.29 is 22.7 Å². The predicted octanol–water partition coefficient (Wildman–Crippen LogP) is 5.25. The zero-order chi connectivity index (χ0) is 17.3. The Labute approximate surface area is 141 Å². The van der Waals surface area contributed by atoms with Crippen molar-refractivity contribution in [3.63, 3.8) is 0 Å². The van der Waals surface area contributed by atoms with Crippen LogP contribution in [0.5, 0.6) is 5.75 Å². The fourth-order valence-corrected chi connectivity index (χ4v) is 2.59. The Hall–Kier alpha value is -2.60. The summed E-state index contributed by atoms with van der Waals surface area (Å²) in [7, 11) is 0. The van der Waals surface area contributed by atoms with E-state index in [9.17, 15) is 13.6 Å². The van der Waals surface area contributed by atoms with Crippen LogP contribution in [0.4, 0.5) is 14.5 Å². The summed E-state index contributed by atoms with van der Waals surface area (Å²) in [6.07, 6.45) is 0. The average Bonchev–Trinajstić information content (AvgIpc) is 2.88. The maximum atomic E-state index is 12.5. The lowest BCUT2D eigenvalue weighted by Gasteiger charge is -2.11. The normalized spacial score (nSPS) is 11.0. The summed E-state index contributed by atoms with van der Waals surface area (Å²) in [6.45, 7) is -1.27. The van der Waals surface area contributed by atoms with E-state index in [1.54, 1.807) is 31.2 Å². The molecule has 0 atom stereocenters. The highest BCUT2D eigenvalue weighted by molar-refractivity contribution is 6.35. The van der Waals surface area contributed by atoms with Crippen LogP contribution in [-0.2, 0) is 0 Å². The van der Waals surface area contributed by atoms with Crippen LogP contribution in [0.3, 0.4) is 0 Å². The minimum atomic E-state index is -2.99. The number of amides is 1. The molecule has 4 nitrogen and oxygen atoms in total. The van der Waals surface area contributed by atoms with Gasteiger partial charge >= 0.3 is 6.61 Å². The number of benzene rings is 2. The number of ether oxygens (including phenoxy) is 1. The molecule has 0 aliphatic rings. The molecular formula is C17H12ClF2NO3. The van der Waals surface area contributed by atoms with E-state index in [4.69, 9.17) is 16.0 Å². The van der Waals surface area contributed by atoms with Gasteiger partial charge in [0.1, 0.15) is 5.75 Å². The first-order chi connectivity index (χ1) is 11.5. The highest BCUT2D eigenvalue weighted by Gasteiger charge is 2.20. The molecule has 1 N–H and O–H groups in total. The van der Waals surface area contributed by atoms with Gasteiger partial charge in [0, 0.05) is 10.9 Å². The van der Waals surface area contributed by atoms with Crippen LogP contribution >= 0.6 is 11.6 Å². The van der Waals surface area contributed by atoms with E-state index in [0.717, 1.165) is 0 Å². The Morgan fingerprint density at radius 1 is 1.21 bits per heavy atom. The van der Waals surface area contributed by atoms with Gasteiger partial charge in [-0.05, 0) is 25.1 Å². The van der Waals surface area contributed by atoms with Crippen LogP contribution in [0, 0.1) is 6.92 Å². The van der Waals surface area contributed by atoms with Gasteiger partial charge in [-0.15, -0.1) is 0 Å². The smallest absolute Gasteiger partial charge is 0.387 e. The predicted molar refractivity (Wildman–Crippen MR) is 87.0 cm³/mol. The Morgan fingerprint density at radius 2 is 1.96 bits per heavy atom. The van der Waals surface area contributed by atoms with Crippen LogP contribution < -0.4 is 10.1 Å². The number of halogens is 3. The van der Waals surface area contributed by atoms with Crippen molar-refractivity contribution in [3.05, 3.63) is 58.8 Å². The van der Waals surface area contributed by atoms with Crippen molar-refractivity contribution in [1.29, 1.82) is 0 Å². The van der Waals surface area contributed by atoms with Gasteiger partial charge in [0.2, 0.25) is 0 Å². The molecule has 0 saturated heterocycles. The lowest BCUT2D eigenvalue weighted by molar-refractivity contribution is -0.0493. The molecule has 1 heterocycles. The Kier molecular flexibility index (Phi) is 4.40. The third kappa shape index (κ3) is 3.05. The van der Waals surface area contributed by atoms with E-state index >= 15 is 0 Å². The summed E-state index contributed by atoms with van der Waals surface area (Å²) < 4.78 is 34.8. The van der Waals surface area contributed by atoms with Gasteiger partial charge in [-0.2, -0.15) is 8.78 Å². The molecule has 3 rings (SSSR count). The SMILES string of the molecule is Cc1c(C(=O)Nc2ccccc2OC(F)F)oc2c(Cl)cccc12. The van der Waals surface area contributed by atoms with Gasteiger partial charge in [0.05, 0.1) is 10.7 Å². The van der Waals surface area contributed by atoms with Gasteiger partial charge in [0.15, 0.2) is 11.3 Å². The summed E-state index contributed by atoms with van der Waals surface area (Å²) >= 11 is 6.06. The zero-order valence-electron chi connectivity index (χ0n) is 12.5. The first-order valence-electron chi connectivity index (χ1n) is 7.00. The van der Waals surface area contributed by atoms with E-state index in [0.29, 0.717) is 21.6 Å². The number of alkyl halides is 2. The Bertz CT molecular complexity index is 908. The molecule has 1 amide bonds. The number of rotatable bonds is 4. The van der Waals surface area contributed by atoms with E-state index in [1.165, 1.54) is 18.2 Å². The third-order valence-electron chi connectivity index (χ3n) is 3.47. The molecule has 0 unspecified atom stereocenters. The van der Waals surface area contributed by atoms with Crippen LogP contribution in [0.15, 0.2) is 46.9 Å². The number of anilines is 1. The second-order valence-corrected chi connectivity index (χ2v) is 5.41. The number of fused-ring (bicyclic) bond motifs is 1. The van der Waals surface area contributed by atoms with Gasteiger partial charge in [-0.1, -0.05) is 35.9 Å². The van der Waals surface area contributed by atoms with Crippen molar-refractivity contribution in [2.24, 2.45) is 0 Å². The summed E-state index contributed by atoms with van der Waals surface area (Å²) in [5, 5.41) is 3.62. The minimum Gasteiger partial charge on any atom is -0.449 e. The van der Waals surface area contributed by atoms with Crippen LogP contribution in [0.1, 0.15) is 16.1 Å². The number of aryl methyl sites for hydroxylation is 1. The van der Waals surface area contributed by atoms with Gasteiger partial charge in [-0.3, -0.25) is 4.79 Å². The number of para-hydroxylation sites is 3. The molecule has 3 aromatic rings. The molecular weight excluding hydrogens is 340 g/mol. The second-order valence-electron chi connectivity index (χ2n) is 5.00. The minimum absolute atomic E-state index is 0.0601. The fourth-order valence-electron chi connectivity index (χ4n) is 2.37.